The number of aliphatic carboxylic acids is 1. The maximum Gasteiger partial charge on any atom is 0.370 e. The van der Waals surface area contributed by atoms with Crippen LogP contribution >= 0.6 is 0 Å². The standard InChI is InChI=1S/C12H15NO4/c1-9(7-12(16)17-2)10-5-3-4-6-13(10)8-11(14)15/h3-6,9H,7-8H2,1-2H3/p+1/i2D3,8D2. The van der Waals surface area contributed by atoms with E-state index in [1.54, 1.807) is 13.0 Å². The van der Waals surface area contributed by atoms with Gasteiger partial charge < -0.3 is 9.84 Å². The summed E-state index contributed by atoms with van der Waals surface area (Å²) in [6, 6.07) is 4.49. The Morgan fingerprint density at radius 2 is 2.41 bits per heavy atom. The highest BCUT2D eigenvalue weighted by Gasteiger charge is 2.21. The van der Waals surface area contributed by atoms with Crippen LogP contribution in [-0.2, 0) is 20.8 Å². The maximum atomic E-state index is 11.5. The quantitative estimate of drug-likeness (QED) is 0.611. The van der Waals surface area contributed by atoms with E-state index in [4.69, 9.17) is 12.0 Å². The average Bonchev–Trinajstić information content (AvgIpc) is 2.36. The molecular formula is C12H16NO4+. The number of carboxylic acid groups (broad SMARTS) is 1. The molecule has 92 valence electrons. The summed E-state index contributed by atoms with van der Waals surface area (Å²) in [7, 11) is -2.85. The molecule has 0 saturated carbocycles. The van der Waals surface area contributed by atoms with E-state index in [-0.39, 0.29) is 12.1 Å². The van der Waals surface area contributed by atoms with Gasteiger partial charge in [-0.3, -0.25) is 4.79 Å². The van der Waals surface area contributed by atoms with Gasteiger partial charge >= 0.3 is 11.9 Å². The minimum atomic E-state index is -2.85. The van der Waals surface area contributed by atoms with Gasteiger partial charge in [0.25, 0.3) is 0 Å². The Bertz CT molecular complexity index is 573. The van der Waals surface area contributed by atoms with Crippen LogP contribution in [0, 0.1) is 0 Å². The van der Waals surface area contributed by atoms with Crippen molar-refractivity contribution in [3.8, 4) is 0 Å². The third-order valence-corrected chi connectivity index (χ3v) is 2.20. The third-order valence-electron chi connectivity index (χ3n) is 2.20. The highest BCUT2D eigenvalue weighted by atomic mass is 16.5. The normalized spacial score (nSPS) is 17.8. The molecule has 1 aromatic heterocycles. The van der Waals surface area contributed by atoms with Crippen molar-refractivity contribution in [2.45, 2.75) is 25.8 Å². The van der Waals surface area contributed by atoms with Crippen molar-refractivity contribution in [1.29, 1.82) is 0 Å². The Morgan fingerprint density at radius 1 is 1.65 bits per heavy atom. The van der Waals surface area contributed by atoms with Crippen LogP contribution in [0.2, 0.25) is 0 Å². The number of hydrogen-bond acceptors (Lipinski definition) is 3. The second-order valence-electron chi connectivity index (χ2n) is 3.49. The first-order valence-corrected chi connectivity index (χ1v) is 4.91. The van der Waals surface area contributed by atoms with Crippen LogP contribution in [0.4, 0.5) is 0 Å². The minimum Gasteiger partial charge on any atom is -0.477 e. The van der Waals surface area contributed by atoms with E-state index >= 15 is 0 Å². The second-order valence-corrected chi connectivity index (χ2v) is 3.49. The van der Waals surface area contributed by atoms with E-state index in [2.05, 4.69) is 4.74 Å². The summed E-state index contributed by atoms with van der Waals surface area (Å²) in [6.45, 7) is -1.15. The molecule has 5 nitrogen and oxygen atoms in total. The summed E-state index contributed by atoms with van der Waals surface area (Å²) < 4.78 is 40.9. The van der Waals surface area contributed by atoms with E-state index in [0.717, 1.165) is 4.57 Å². The number of methoxy groups -OCH3 is 1. The van der Waals surface area contributed by atoms with Crippen LogP contribution in [0.25, 0.3) is 0 Å². The number of ether oxygens (including phenoxy) is 1. The van der Waals surface area contributed by atoms with E-state index in [1.165, 1.54) is 18.3 Å². The van der Waals surface area contributed by atoms with Gasteiger partial charge in [0.1, 0.15) is 2.74 Å². The monoisotopic (exact) mass is 243 g/mol. The smallest absolute Gasteiger partial charge is 0.370 e. The Morgan fingerprint density at radius 3 is 3.06 bits per heavy atom. The first-order chi connectivity index (χ1) is 9.95. The lowest BCUT2D eigenvalue weighted by molar-refractivity contribution is -0.694. The molecule has 1 rings (SSSR count). The molecule has 5 heteroatoms. The fourth-order valence-corrected chi connectivity index (χ4v) is 1.46. The third kappa shape index (κ3) is 3.86. The zero-order chi connectivity index (χ0) is 17.1. The van der Waals surface area contributed by atoms with Gasteiger partial charge in [0, 0.05) is 12.1 Å². The van der Waals surface area contributed by atoms with Gasteiger partial charge in [-0.1, -0.05) is 13.0 Å². The van der Waals surface area contributed by atoms with Crippen molar-refractivity contribution in [1.82, 2.24) is 0 Å². The van der Waals surface area contributed by atoms with E-state index in [1.807, 2.05) is 0 Å². The number of carboxylic acids is 1. The van der Waals surface area contributed by atoms with Crippen molar-refractivity contribution in [2.24, 2.45) is 0 Å². The molecule has 1 N–H and O–H groups in total. The summed E-state index contributed by atoms with van der Waals surface area (Å²) in [5.41, 5.74) is 0.234. The highest BCUT2D eigenvalue weighted by molar-refractivity contribution is 5.70. The minimum absolute atomic E-state index is 0.234. The number of rotatable bonds is 5. The Balaban J connectivity index is 3.03. The van der Waals surface area contributed by atoms with Crippen LogP contribution < -0.4 is 4.57 Å². The Hall–Kier alpha value is -1.91. The van der Waals surface area contributed by atoms with Gasteiger partial charge in [0.15, 0.2) is 11.9 Å². The average molecular weight is 243 g/mol. The molecule has 17 heavy (non-hydrogen) atoms. The molecule has 0 spiro atoms. The van der Waals surface area contributed by atoms with Gasteiger partial charge in [0.2, 0.25) is 6.50 Å². The van der Waals surface area contributed by atoms with Crippen molar-refractivity contribution >= 4 is 11.9 Å². The summed E-state index contributed by atoms with van der Waals surface area (Å²) in [4.78, 5) is 22.6. The molecule has 0 fully saturated rings. The lowest BCUT2D eigenvalue weighted by Gasteiger charge is -2.08. The van der Waals surface area contributed by atoms with Gasteiger partial charge in [0.05, 0.1) is 23.5 Å². The molecular weight excluding hydrogens is 222 g/mol. The predicted octanol–water partition coefficient (Wildman–Crippen LogP) is 0.725. The first kappa shape index (κ1) is 7.42. The molecule has 0 aliphatic heterocycles. The largest absolute Gasteiger partial charge is 0.477 e. The number of hydrogen-bond donors (Lipinski definition) is 1. The Kier molecular flexibility index (Phi) is 2.61. The number of pyridine rings is 1. The molecule has 0 aliphatic carbocycles. The molecule has 0 aliphatic rings. The summed E-state index contributed by atoms with van der Waals surface area (Å²) >= 11 is 0. The molecule has 0 radical (unpaired) electrons. The molecule has 0 bridgehead atoms. The lowest BCUT2D eigenvalue weighted by atomic mass is 10.0. The fraction of sp³-hybridized carbons (Fsp3) is 0.417. The SMILES string of the molecule is [2H]C([2H])([2H])OC(=O)CC(C)c1cccc[n+]1C([2H])([2H])C(=O)O. The topological polar surface area (TPSA) is 67.5 Å². The number of esters is 1. The molecule has 1 unspecified atom stereocenters. The van der Waals surface area contributed by atoms with Crippen molar-refractivity contribution in [2.75, 3.05) is 7.04 Å². The van der Waals surface area contributed by atoms with Gasteiger partial charge in [-0.25, -0.2) is 4.79 Å². The number of carbonyl (C=O) groups excluding carboxylic acids is 1. The predicted molar refractivity (Wildman–Crippen MR) is 59.3 cm³/mol. The highest BCUT2D eigenvalue weighted by Crippen LogP contribution is 2.15. The summed E-state index contributed by atoms with van der Waals surface area (Å²) in [5.74, 6) is -3.29. The lowest BCUT2D eigenvalue weighted by Crippen LogP contribution is -2.42. The zero-order valence-electron chi connectivity index (χ0n) is 14.2. The van der Waals surface area contributed by atoms with Crippen LogP contribution in [0.5, 0.6) is 0 Å². The second kappa shape index (κ2) is 5.98. The van der Waals surface area contributed by atoms with Gasteiger partial charge in [-0.15, -0.1) is 0 Å². The van der Waals surface area contributed by atoms with Crippen LogP contribution in [-0.4, -0.2) is 24.1 Å². The Labute approximate surface area is 107 Å². The van der Waals surface area contributed by atoms with E-state index in [9.17, 15) is 9.59 Å². The molecule has 0 aromatic carbocycles. The number of carbonyl (C=O) groups is 2. The zero-order valence-corrected chi connectivity index (χ0v) is 9.21. The molecule has 1 aromatic rings. The van der Waals surface area contributed by atoms with E-state index < -0.39 is 31.4 Å². The van der Waals surface area contributed by atoms with Crippen LogP contribution in [0.15, 0.2) is 24.4 Å². The molecule has 1 heterocycles. The molecule has 0 amide bonds. The number of aromatic nitrogens is 1. The summed E-state index contributed by atoms with van der Waals surface area (Å²) in [5, 5.41) is 8.97. The molecule has 1 atom stereocenters. The van der Waals surface area contributed by atoms with Crippen molar-refractivity contribution in [3.63, 3.8) is 0 Å². The van der Waals surface area contributed by atoms with Crippen molar-refractivity contribution < 1.29 is 30.9 Å². The van der Waals surface area contributed by atoms with Gasteiger partial charge in [-0.2, -0.15) is 4.57 Å². The maximum absolute atomic E-state index is 11.5. The van der Waals surface area contributed by atoms with Crippen molar-refractivity contribution in [3.05, 3.63) is 30.1 Å². The fourth-order valence-electron chi connectivity index (χ4n) is 1.46. The summed E-state index contributed by atoms with van der Waals surface area (Å²) in [6.07, 6.45) is 0.924. The van der Waals surface area contributed by atoms with Crippen LogP contribution in [0.3, 0.4) is 0 Å². The van der Waals surface area contributed by atoms with Gasteiger partial charge in [-0.05, 0) is 0 Å². The first-order valence-electron chi connectivity index (χ1n) is 7.41. The molecule has 0 saturated heterocycles. The van der Waals surface area contributed by atoms with E-state index in [0.29, 0.717) is 0 Å². The number of nitrogens with zero attached hydrogens (tertiary/aromatic N) is 1. The van der Waals surface area contributed by atoms with Crippen LogP contribution in [0.1, 0.15) is 31.8 Å².